The van der Waals surface area contributed by atoms with E-state index in [4.69, 9.17) is 10.5 Å². The Kier molecular flexibility index (Phi) is 7.34. The maximum atomic E-state index is 13.1. The van der Waals surface area contributed by atoms with E-state index in [1.807, 2.05) is 27.7 Å². The number of rotatable bonds is 9. The highest BCUT2D eigenvalue weighted by Crippen LogP contribution is 2.57. The van der Waals surface area contributed by atoms with Gasteiger partial charge in [-0.25, -0.2) is 4.79 Å². The predicted octanol–water partition coefficient (Wildman–Crippen LogP) is 2.52. The SMILES string of the molecule is CC(C)C[C@H](N)C(=O)N[C@@H](C)C(=O)N[C@H](C(=O)OC12CC3CC(CC(C3)C1)C2)C(C)C. The Morgan fingerprint density at radius 3 is 1.87 bits per heavy atom. The smallest absolute Gasteiger partial charge is 0.329 e. The van der Waals surface area contributed by atoms with Crippen molar-refractivity contribution < 1.29 is 19.1 Å². The Bertz CT molecular complexity index is 655. The van der Waals surface area contributed by atoms with Crippen LogP contribution >= 0.6 is 0 Å². The lowest BCUT2D eigenvalue weighted by atomic mass is 9.54. The molecule has 0 aromatic heterocycles. The lowest BCUT2D eigenvalue weighted by Gasteiger charge is -2.55. The van der Waals surface area contributed by atoms with Crippen LogP contribution in [0.3, 0.4) is 0 Å². The molecule has 4 fully saturated rings. The summed E-state index contributed by atoms with van der Waals surface area (Å²) in [5.41, 5.74) is 5.57. The summed E-state index contributed by atoms with van der Waals surface area (Å²) in [5, 5.41) is 5.48. The third-order valence-electron chi connectivity index (χ3n) is 7.33. The Morgan fingerprint density at radius 1 is 0.903 bits per heavy atom. The van der Waals surface area contributed by atoms with Crippen LogP contribution in [-0.4, -0.2) is 41.5 Å². The second-order valence-corrected chi connectivity index (χ2v) is 11.2. The van der Waals surface area contributed by atoms with Crippen LogP contribution in [0.2, 0.25) is 0 Å². The van der Waals surface area contributed by atoms with E-state index < -0.39 is 24.0 Å². The molecule has 4 aliphatic carbocycles. The van der Waals surface area contributed by atoms with Gasteiger partial charge in [0.1, 0.15) is 17.7 Å². The van der Waals surface area contributed by atoms with E-state index in [9.17, 15) is 14.4 Å². The van der Waals surface area contributed by atoms with Crippen LogP contribution in [0.15, 0.2) is 0 Å². The molecule has 4 N–H and O–H groups in total. The molecule has 0 aromatic rings. The van der Waals surface area contributed by atoms with E-state index in [-0.39, 0.29) is 29.3 Å². The van der Waals surface area contributed by atoms with Crippen LogP contribution in [0.25, 0.3) is 0 Å². The largest absolute Gasteiger partial charge is 0.458 e. The number of hydrogen-bond acceptors (Lipinski definition) is 5. The van der Waals surface area contributed by atoms with Gasteiger partial charge in [-0.1, -0.05) is 27.7 Å². The molecule has 2 amide bonds. The van der Waals surface area contributed by atoms with E-state index in [0.29, 0.717) is 24.2 Å². The summed E-state index contributed by atoms with van der Waals surface area (Å²) >= 11 is 0. The second-order valence-electron chi connectivity index (χ2n) is 11.2. The summed E-state index contributed by atoms with van der Waals surface area (Å²) in [6, 6.07) is -2.17. The normalized spacial score (nSPS) is 31.9. The minimum absolute atomic E-state index is 0.114. The van der Waals surface area contributed by atoms with Gasteiger partial charge in [-0.3, -0.25) is 9.59 Å². The number of ether oxygens (including phenoxy) is 1. The first-order valence-electron chi connectivity index (χ1n) is 12.1. The monoisotopic (exact) mass is 435 g/mol. The molecule has 0 unspecified atom stereocenters. The molecule has 4 rings (SSSR count). The van der Waals surface area contributed by atoms with Crippen LogP contribution in [0, 0.1) is 29.6 Å². The Morgan fingerprint density at radius 2 is 1.42 bits per heavy atom. The fourth-order valence-electron chi connectivity index (χ4n) is 6.21. The highest BCUT2D eigenvalue weighted by Gasteiger charge is 2.53. The van der Waals surface area contributed by atoms with Crippen molar-refractivity contribution in [2.75, 3.05) is 0 Å². The number of carbonyl (C=O) groups is 3. The first-order chi connectivity index (χ1) is 14.5. The van der Waals surface area contributed by atoms with Gasteiger partial charge in [0.2, 0.25) is 11.8 Å². The molecular formula is C24H41N3O4. The van der Waals surface area contributed by atoms with Crippen molar-refractivity contribution in [3.05, 3.63) is 0 Å². The van der Waals surface area contributed by atoms with Crippen LogP contribution in [0.4, 0.5) is 0 Å². The zero-order valence-corrected chi connectivity index (χ0v) is 19.8. The molecule has 176 valence electrons. The summed E-state index contributed by atoms with van der Waals surface area (Å²) in [4.78, 5) is 38.1. The van der Waals surface area contributed by atoms with E-state index in [2.05, 4.69) is 10.6 Å². The van der Waals surface area contributed by atoms with Crippen molar-refractivity contribution >= 4 is 17.8 Å². The summed E-state index contributed by atoms with van der Waals surface area (Å²) < 4.78 is 6.16. The summed E-state index contributed by atoms with van der Waals surface area (Å²) in [7, 11) is 0. The fourth-order valence-corrected chi connectivity index (χ4v) is 6.21. The predicted molar refractivity (Wildman–Crippen MR) is 119 cm³/mol. The van der Waals surface area contributed by atoms with E-state index in [1.54, 1.807) is 6.92 Å². The molecule has 0 aliphatic heterocycles. The first-order valence-corrected chi connectivity index (χ1v) is 12.1. The van der Waals surface area contributed by atoms with Crippen molar-refractivity contribution in [1.29, 1.82) is 0 Å². The number of carbonyl (C=O) groups excluding carboxylic acids is 3. The minimum Gasteiger partial charge on any atom is -0.458 e. The third kappa shape index (κ3) is 5.79. The summed E-state index contributed by atoms with van der Waals surface area (Å²) in [6.07, 6.45) is 7.26. The van der Waals surface area contributed by atoms with Gasteiger partial charge in [0.05, 0.1) is 6.04 Å². The molecular weight excluding hydrogens is 394 g/mol. The molecule has 7 heteroatoms. The van der Waals surface area contributed by atoms with Crippen LogP contribution in [0.1, 0.15) is 79.6 Å². The average molecular weight is 436 g/mol. The lowest BCUT2D eigenvalue weighted by Crippen LogP contribution is -2.57. The van der Waals surface area contributed by atoms with Crippen LogP contribution in [0.5, 0.6) is 0 Å². The quantitative estimate of drug-likeness (QED) is 0.482. The number of esters is 1. The van der Waals surface area contributed by atoms with Crippen LogP contribution < -0.4 is 16.4 Å². The van der Waals surface area contributed by atoms with E-state index in [0.717, 1.165) is 19.3 Å². The van der Waals surface area contributed by atoms with Gasteiger partial charge in [-0.2, -0.15) is 0 Å². The minimum atomic E-state index is -0.778. The standard InChI is InChI=1S/C24H41N3O4/c1-13(2)6-19(25)22(29)26-15(5)21(28)27-20(14(3)4)23(30)31-24-10-16-7-17(11-24)9-18(8-16)12-24/h13-20H,6-12,25H2,1-5H3,(H,26,29)(H,27,28)/t15-,16?,17?,18?,19-,20-,24?/m0/s1. The lowest BCUT2D eigenvalue weighted by molar-refractivity contribution is -0.190. The third-order valence-corrected chi connectivity index (χ3v) is 7.33. The highest BCUT2D eigenvalue weighted by atomic mass is 16.6. The van der Waals surface area contributed by atoms with Crippen molar-refractivity contribution in [1.82, 2.24) is 10.6 Å². The van der Waals surface area contributed by atoms with Crippen molar-refractivity contribution in [2.45, 2.75) is 103 Å². The molecule has 4 saturated carbocycles. The van der Waals surface area contributed by atoms with Gasteiger partial charge >= 0.3 is 5.97 Å². The highest BCUT2D eigenvalue weighted by molar-refractivity contribution is 5.91. The van der Waals surface area contributed by atoms with Gasteiger partial charge in [-0.05, 0) is 81.5 Å². The molecule has 4 aliphatic rings. The van der Waals surface area contributed by atoms with Crippen LogP contribution in [-0.2, 0) is 19.1 Å². The molecule has 0 saturated heterocycles. The first kappa shape index (κ1) is 24.0. The van der Waals surface area contributed by atoms with Crippen molar-refractivity contribution in [3.8, 4) is 0 Å². The Balaban J connectivity index is 1.57. The number of amides is 2. The molecule has 7 nitrogen and oxygen atoms in total. The maximum Gasteiger partial charge on any atom is 0.329 e. The van der Waals surface area contributed by atoms with E-state index in [1.165, 1.54) is 19.3 Å². The molecule has 0 heterocycles. The Labute approximate surface area is 186 Å². The molecule has 0 spiro atoms. The van der Waals surface area contributed by atoms with Crippen molar-refractivity contribution in [2.24, 2.45) is 35.3 Å². The average Bonchev–Trinajstić information content (AvgIpc) is 2.63. The van der Waals surface area contributed by atoms with Crippen molar-refractivity contribution in [3.63, 3.8) is 0 Å². The topological polar surface area (TPSA) is 111 Å². The van der Waals surface area contributed by atoms with E-state index >= 15 is 0 Å². The fraction of sp³-hybridized carbons (Fsp3) is 0.875. The zero-order chi connectivity index (χ0) is 22.9. The van der Waals surface area contributed by atoms with Gasteiger partial charge in [0.25, 0.3) is 0 Å². The molecule has 31 heavy (non-hydrogen) atoms. The summed E-state index contributed by atoms with van der Waals surface area (Å²) in [5.74, 6) is 1.11. The number of hydrogen-bond donors (Lipinski definition) is 3. The molecule has 3 atom stereocenters. The molecule has 0 radical (unpaired) electrons. The second kappa shape index (κ2) is 9.47. The zero-order valence-electron chi connectivity index (χ0n) is 19.8. The number of nitrogens with one attached hydrogen (secondary N) is 2. The van der Waals surface area contributed by atoms with Gasteiger partial charge in [0, 0.05) is 0 Å². The number of nitrogens with two attached hydrogens (primary N) is 1. The maximum absolute atomic E-state index is 13.1. The van der Waals surface area contributed by atoms with Gasteiger partial charge in [-0.15, -0.1) is 0 Å². The van der Waals surface area contributed by atoms with Gasteiger partial charge in [0.15, 0.2) is 0 Å². The molecule has 4 bridgehead atoms. The summed E-state index contributed by atoms with van der Waals surface area (Å²) in [6.45, 7) is 9.39. The Hall–Kier alpha value is -1.63. The molecule has 0 aromatic carbocycles. The van der Waals surface area contributed by atoms with Gasteiger partial charge < -0.3 is 21.1 Å².